The molecular weight excluding hydrogens is 428 g/mol. The molecule has 0 radical (unpaired) electrons. The topological polar surface area (TPSA) is 106 Å². The normalized spacial score (nSPS) is 29.4. The molecule has 3 heterocycles. The highest BCUT2D eigenvalue weighted by Gasteiger charge is 2.50. The minimum atomic E-state index is -0.755. The van der Waals surface area contributed by atoms with Gasteiger partial charge in [0.05, 0.1) is 13.2 Å². The van der Waals surface area contributed by atoms with Crippen LogP contribution in [0.1, 0.15) is 72.1 Å². The fraction of sp³-hybridized carbons (Fsp3) is 0.875. The van der Waals surface area contributed by atoms with Gasteiger partial charge in [0.15, 0.2) is 6.29 Å². The molecule has 2 unspecified atom stereocenters. The van der Waals surface area contributed by atoms with E-state index >= 15 is 0 Å². The first-order valence-corrected chi connectivity index (χ1v) is 12.2. The van der Waals surface area contributed by atoms with Crippen molar-refractivity contribution in [3.8, 4) is 0 Å². The van der Waals surface area contributed by atoms with Crippen LogP contribution in [0.5, 0.6) is 0 Å². The van der Waals surface area contributed by atoms with Crippen LogP contribution >= 0.6 is 0 Å². The highest BCUT2D eigenvalue weighted by molar-refractivity contribution is 5.92. The Labute approximate surface area is 196 Å². The van der Waals surface area contributed by atoms with Gasteiger partial charge in [-0.3, -0.25) is 9.59 Å². The molecule has 3 fully saturated rings. The van der Waals surface area contributed by atoms with Crippen molar-refractivity contribution < 1.29 is 33.7 Å². The van der Waals surface area contributed by atoms with Gasteiger partial charge in [-0.15, -0.1) is 0 Å². The zero-order chi connectivity index (χ0) is 24.2. The van der Waals surface area contributed by atoms with Crippen LogP contribution in [0, 0.1) is 5.41 Å². The van der Waals surface area contributed by atoms with Crippen LogP contribution in [-0.2, 0) is 28.6 Å². The number of carbonyl (C=O) groups excluding carboxylic acids is 3. The number of esters is 1. The van der Waals surface area contributed by atoms with Crippen LogP contribution in [0.15, 0.2) is 0 Å². The highest BCUT2D eigenvalue weighted by atomic mass is 16.7. The van der Waals surface area contributed by atoms with Crippen LogP contribution < -0.4 is 0 Å². The van der Waals surface area contributed by atoms with Gasteiger partial charge < -0.3 is 29.1 Å². The predicted molar refractivity (Wildman–Crippen MR) is 120 cm³/mol. The second-order valence-electron chi connectivity index (χ2n) is 10.4. The van der Waals surface area contributed by atoms with E-state index in [0.717, 1.165) is 19.3 Å². The van der Waals surface area contributed by atoms with Gasteiger partial charge >= 0.3 is 5.97 Å². The first-order valence-electron chi connectivity index (χ1n) is 12.2. The highest BCUT2D eigenvalue weighted by Crippen LogP contribution is 2.36. The van der Waals surface area contributed by atoms with Crippen molar-refractivity contribution in [1.29, 1.82) is 0 Å². The van der Waals surface area contributed by atoms with Gasteiger partial charge in [0.25, 0.3) is 0 Å². The number of rotatable bonds is 8. The molecule has 33 heavy (non-hydrogen) atoms. The van der Waals surface area contributed by atoms with E-state index in [1.807, 2.05) is 20.8 Å². The number of hydrogen-bond acceptors (Lipinski definition) is 7. The average molecular weight is 469 g/mol. The molecule has 5 atom stereocenters. The Hall–Kier alpha value is -1.71. The summed E-state index contributed by atoms with van der Waals surface area (Å²) in [4.78, 5) is 42.8. The maximum absolute atomic E-state index is 14.0. The van der Waals surface area contributed by atoms with Gasteiger partial charge in [0.2, 0.25) is 11.8 Å². The lowest BCUT2D eigenvalue weighted by Crippen LogP contribution is -2.59. The summed E-state index contributed by atoms with van der Waals surface area (Å²) in [6, 6.07) is -1.57. The van der Waals surface area contributed by atoms with Gasteiger partial charge in [-0.1, -0.05) is 20.8 Å². The first kappa shape index (κ1) is 25.9. The Kier molecular flexibility index (Phi) is 8.75. The van der Waals surface area contributed by atoms with Crippen molar-refractivity contribution in [3.05, 3.63) is 0 Å². The lowest BCUT2D eigenvalue weighted by Gasteiger charge is -2.42. The molecule has 3 rings (SSSR count). The SMILES string of the molecule is COC(=O)[C@@H]1C[C@@H](OC2CCCCO2)CN1C(=O)[C@@H](N1C(=O)CCC1CCCO)C(C)(C)C. The van der Waals surface area contributed by atoms with Gasteiger partial charge in [-0.25, -0.2) is 4.79 Å². The Balaban J connectivity index is 1.83. The van der Waals surface area contributed by atoms with Crippen LogP contribution in [0.25, 0.3) is 0 Å². The fourth-order valence-electron chi connectivity index (χ4n) is 5.32. The molecule has 9 heteroatoms. The number of likely N-dealkylation sites (tertiary alicyclic amines) is 2. The molecule has 0 aliphatic carbocycles. The lowest BCUT2D eigenvalue weighted by molar-refractivity contribution is -0.185. The maximum Gasteiger partial charge on any atom is 0.328 e. The molecule has 0 bridgehead atoms. The Bertz CT molecular complexity index is 701. The van der Waals surface area contributed by atoms with Crippen LogP contribution in [0.4, 0.5) is 0 Å². The monoisotopic (exact) mass is 468 g/mol. The van der Waals surface area contributed by atoms with E-state index < -0.39 is 23.5 Å². The second-order valence-corrected chi connectivity index (χ2v) is 10.4. The summed E-state index contributed by atoms with van der Waals surface area (Å²) in [5.41, 5.74) is -0.541. The molecule has 188 valence electrons. The Morgan fingerprint density at radius 3 is 2.61 bits per heavy atom. The van der Waals surface area contributed by atoms with Crippen LogP contribution in [-0.4, -0.2) is 90.1 Å². The first-order chi connectivity index (χ1) is 15.7. The molecule has 2 amide bonds. The molecule has 0 saturated carbocycles. The summed E-state index contributed by atoms with van der Waals surface area (Å²) in [6.45, 7) is 6.78. The summed E-state index contributed by atoms with van der Waals surface area (Å²) < 4.78 is 16.8. The molecule has 3 saturated heterocycles. The second kappa shape index (κ2) is 11.1. The standard InChI is InChI=1S/C24H40N2O7/c1-24(2,3)21(26-16(8-7-12-27)10-11-19(26)28)22(29)25-15-17(14-18(25)23(30)31-4)33-20-9-5-6-13-32-20/h16-18,20-21,27H,5-15H2,1-4H3/t16?,17-,18+,20?,21-/m1/s1. The predicted octanol–water partition coefficient (Wildman–Crippen LogP) is 1.85. The number of amides is 2. The molecule has 0 spiro atoms. The van der Waals surface area contributed by atoms with Gasteiger partial charge in [0.1, 0.15) is 12.1 Å². The van der Waals surface area contributed by atoms with E-state index in [1.165, 1.54) is 7.11 Å². The molecule has 0 aromatic rings. The number of carbonyl (C=O) groups is 3. The summed E-state index contributed by atoms with van der Waals surface area (Å²) >= 11 is 0. The molecule has 3 aliphatic rings. The number of ether oxygens (including phenoxy) is 3. The lowest BCUT2D eigenvalue weighted by atomic mass is 9.83. The van der Waals surface area contributed by atoms with Gasteiger partial charge in [-0.2, -0.15) is 0 Å². The Morgan fingerprint density at radius 2 is 2.00 bits per heavy atom. The van der Waals surface area contributed by atoms with E-state index in [1.54, 1.807) is 9.80 Å². The quantitative estimate of drug-likeness (QED) is 0.542. The number of aliphatic hydroxyl groups excluding tert-OH is 1. The van der Waals surface area contributed by atoms with E-state index in [0.29, 0.717) is 38.7 Å². The van der Waals surface area contributed by atoms with Gasteiger partial charge in [-0.05, 0) is 43.9 Å². The van der Waals surface area contributed by atoms with E-state index in [9.17, 15) is 19.5 Å². The van der Waals surface area contributed by atoms with Crippen molar-refractivity contribution in [2.45, 2.75) is 103 Å². The van der Waals surface area contributed by atoms with E-state index in [2.05, 4.69) is 0 Å². The smallest absolute Gasteiger partial charge is 0.328 e. The third-order valence-electron chi connectivity index (χ3n) is 6.90. The number of methoxy groups -OCH3 is 1. The minimum Gasteiger partial charge on any atom is -0.467 e. The Morgan fingerprint density at radius 1 is 1.24 bits per heavy atom. The third kappa shape index (κ3) is 6.05. The number of nitrogens with zero attached hydrogens (tertiary/aromatic N) is 2. The van der Waals surface area contributed by atoms with Crippen molar-refractivity contribution in [3.63, 3.8) is 0 Å². The molecule has 0 aromatic carbocycles. The zero-order valence-corrected chi connectivity index (χ0v) is 20.5. The largest absolute Gasteiger partial charge is 0.467 e. The van der Waals surface area contributed by atoms with Crippen molar-refractivity contribution in [2.24, 2.45) is 5.41 Å². The third-order valence-corrected chi connectivity index (χ3v) is 6.90. The van der Waals surface area contributed by atoms with E-state index in [4.69, 9.17) is 14.2 Å². The van der Waals surface area contributed by atoms with Crippen LogP contribution in [0.3, 0.4) is 0 Å². The minimum absolute atomic E-state index is 0.0471. The molecule has 1 N–H and O–H groups in total. The van der Waals surface area contributed by atoms with Crippen molar-refractivity contribution in [2.75, 3.05) is 26.9 Å². The number of aliphatic hydroxyl groups is 1. The summed E-state index contributed by atoms with van der Waals surface area (Å²) in [5.74, 6) is -0.780. The zero-order valence-electron chi connectivity index (χ0n) is 20.5. The molecule has 0 aromatic heterocycles. The van der Waals surface area contributed by atoms with Crippen molar-refractivity contribution >= 4 is 17.8 Å². The van der Waals surface area contributed by atoms with Crippen molar-refractivity contribution in [1.82, 2.24) is 9.80 Å². The summed E-state index contributed by atoms with van der Waals surface area (Å²) in [5, 5.41) is 9.29. The van der Waals surface area contributed by atoms with Crippen LogP contribution in [0.2, 0.25) is 0 Å². The summed E-state index contributed by atoms with van der Waals surface area (Å²) in [7, 11) is 1.32. The number of hydrogen-bond donors (Lipinski definition) is 1. The van der Waals surface area contributed by atoms with Gasteiger partial charge in [0, 0.05) is 38.6 Å². The van der Waals surface area contributed by atoms with E-state index in [-0.39, 0.29) is 43.4 Å². The molecular formula is C24H40N2O7. The average Bonchev–Trinajstić information content (AvgIpc) is 3.35. The fourth-order valence-corrected chi connectivity index (χ4v) is 5.32. The summed E-state index contributed by atoms with van der Waals surface area (Å²) in [6.07, 6.45) is 4.81. The molecule has 3 aliphatic heterocycles. The molecule has 9 nitrogen and oxygen atoms in total. The maximum atomic E-state index is 14.0.